The van der Waals surface area contributed by atoms with Gasteiger partial charge >= 0.3 is 0 Å². The molecule has 0 saturated heterocycles. The van der Waals surface area contributed by atoms with Crippen molar-refractivity contribution in [1.82, 2.24) is 15.6 Å². The topological polar surface area (TPSA) is 178 Å². The van der Waals surface area contributed by atoms with Crippen molar-refractivity contribution in [3.05, 3.63) is 46.5 Å². The quantitative estimate of drug-likeness (QED) is 0.377. The monoisotopic (exact) mass is 361 g/mol. The minimum absolute atomic E-state index is 0.0202. The number of nitriles is 2. The summed E-state index contributed by atoms with van der Waals surface area (Å²) in [6, 6.07) is 8.04. The van der Waals surface area contributed by atoms with Gasteiger partial charge in [-0.15, -0.1) is 0 Å². The zero-order valence-electron chi connectivity index (χ0n) is 14.2. The number of nitrogens with two attached hydrogens (primary N) is 2. The summed E-state index contributed by atoms with van der Waals surface area (Å²) in [7, 11) is 1.55. The van der Waals surface area contributed by atoms with E-state index in [2.05, 4.69) is 25.9 Å². The molecule has 0 saturated carbocycles. The van der Waals surface area contributed by atoms with Crippen LogP contribution in [0.1, 0.15) is 33.1 Å². The summed E-state index contributed by atoms with van der Waals surface area (Å²) in [5.74, 6) is 0.231. The fraction of sp³-hybridized carbons (Fsp3) is 0.118. The number of carbonyl (C=O) groups is 1. The van der Waals surface area contributed by atoms with E-state index in [1.54, 1.807) is 37.5 Å². The summed E-state index contributed by atoms with van der Waals surface area (Å²) >= 11 is 0. The maximum absolute atomic E-state index is 11.7. The van der Waals surface area contributed by atoms with Crippen LogP contribution in [0.25, 0.3) is 0 Å². The zero-order valence-corrected chi connectivity index (χ0v) is 14.2. The maximum Gasteiger partial charge on any atom is 0.251 e. The van der Waals surface area contributed by atoms with E-state index in [1.165, 1.54) is 0 Å². The van der Waals surface area contributed by atoms with Gasteiger partial charge in [0.25, 0.3) is 5.91 Å². The normalized spacial score (nSPS) is 14.6. The molecule has 1 amide bonds. The predicted octanol–water partition coefficient (Wildman–Crippen LogP) is 0.419. The molecule has 10 nitrogen and oxygen atoms in total. The highest BCUT2D eigenvalue weighted by molar-refractivity contribution is 5.98. The summed E-state index contributed by atoms with van der Waals surface area (Å²) in [5.41, 5.74) is 13.8. The molecule has 1 unspecified atom stereocenters. The average Bonchev–Trinajstić information content (AvgIpc) is 2.67. The van der Waals surface area contributed by atoms with Gasteiger partial charge in [0.1, 0.15) is 29.3 Å². The van der Waals surface area contributed by atoms with Crippen molar-refractivity contribution in [2.45, 2.75) is 6.04 Å². The number of aromatic nitrogens is 1. The Morgan fingerprint density at radius 1 is 1.26 bits per heavy atom. The van der Waals surface area contributed by atoms with Gasteiger partial charge < -0.3 is 22.1 Å². The maximum atomic E-state index is 11.7. The largest absolute Gasteiger partial charge is 0.397 e. The Morgan fingerprint density at radius 2 is 1.96 bits per heavy atom. The van der Waals surface area contributed by atoms with Gasteiger partial charge in [-0.3, -0.25) is 10.1 Å². The number of amides is 1. The molecule has 2 heterocycles. The fourth-order valence-corrected chi connectivity index (χ4v) is 2.78. The lowest BCUT2D eigenvalue weighted by Gasteiger charge is -2.26. The molecule has 134 valence electrons. The number of aliphatic imine (C=N–C) groups is 1. The van der Waals surface area contributed by atoms with Crippen molar-refractivity contribution in [2.75, 3.05) is 23.8 Å². The molecule has 0 aliphatic carbocycles. The Kier molecular flexibility index (Phi) is 4.47. The van der Waals surface area contributed by atoms with Crippen LogP contribution in [0.3, 0.4) is 0 Å². The van der Waals surface area contributed by atoms with Crippen LogP contribution in [0.4, 0.5) is 17.3 Å². The number of hydrogen-bond acceptors (Lipinski definition) is 9. The van der Waals surface area contributed by atoms with Crippen molar-refractivity contribution in [3.8, 4) is 12.3 Å². The summed E-state index contributed by atoms with van der Waals surface area (Å²) in [5, 5.41) is 26.0. The minimum Gasteiger partial charge on any atom is -0.397 e. The van der Waals surface area contributed by atoms with Gasteiger partial charge in [-0.25, -0.2) is 9.98 Å². The van der Waals surface area contributed by atoms with Gasteiger partial charge in [-0.2, -0.15) is 10.5 Å². The molecule has 0 radical (unpaired) electrons. The van der Waals surface area contributed by atoms with Crippen LogP contribution in [0, 0.1) is 22.8 Å². The van der Waals surface area contributed by atoms with Crippen LogP contribution in [-0.4, -0.2) is 23.9 Å². The molecule has 27 heavy (non-hydrogen) atoms. The van der Waals surface area contributed by atoms with Crippen molar-refractivity contribution in [2.24, 2.45) is 4.99 Å². The SMILES string of the molecule is CNC(=O)c1ccc(C2N=C(NC#N)Nc3nc(N)c(C#N)c(N)c32)cc1. The number of pyridine rings is 1. The van der Waals surface area contributed by atoms with E-state index in [4.69, 9.17) is 16.7 Å². The van der Waals surface area contributed by atoms with E-state index in [0.29, 0.717) is 22.5 Å². The van der Waals surface area contributed by atoms with E-state index in [9.17, 15) is 10.1 Å². The Hall–Kier alpha value is -4.31. The number of nitrogens with zero attached hydrogens (tertiary/aromatic N) is 4. The number of anilines is 3. The summed E-state index contributed by atoms with van der Waals surface area (Å²) in [4.78, 5) is 20.4. The molecule has 2 aromatic rings. The van der Waals surface area contributed by atoms with Gasteiger partial charge in [0, 0.05) is 18.2 Å². The number of guanidine groups is 1. The van der Waals surface area contributed by atoms with Gasteiger partial charge in [0.05, 0.1) is 5.69 Å². The van der Waals surface area contributed by atoms with E-state index >= 15 is 0 Å². The first-order valence-corrected chi connectivity index (χ1v) is 7.81. The van der Waals surface area contributed by atoms with E-state index < -0.39 is 6.04 Å². The first-order chi connectivity index (χ1) is 13.0. The molecule has 3 rings (SSSR count). The molecular weight excluding hydrogens is 346 g/mol. The van der Waals surface area contributed by atoms with Crippen LogP contribution in [-0.2, 0) is 0 Å². The standard InChI is InChI=1S/C17H15N9O/c1-22-16(27)9-4-2-8(3-5-9)13-11-12(20)10(6-18)14(21)25-15(11)26-17(24-13)23-7-19/h2-5,13H,1H3,(H,22,27)(H6,20,21,23,24,25,26). The Labute approximate surface area is 154 Å². The highest BCUT2D eigenvalue weighted by Crippen LogP contribution is 2.40. The number of fused-ring (bicyclic) bond motifs is 1. The number of rotatable bonds is 2. The number of hydrogen-bond donors (Lipinski definition) is 5. The van der Waals surface area contributed by atoms with Crippen LogP contribution < -0.4 is 27.4 Å². The third-order valence-corrected chi connectivity index (χ3v) is 4.07. The molecule has 0 spiro atoms. The van der Waals surface area contributed by atoms with Crippen LogP contribution in [0.5, 0.6) is 0 Å². The third kappa shape index (κ3) is 3.03. The fourth-order valence-electron chi connectivity index (χ4n) is 2.78. The molecular formula is C17H15N9O. The Morgan fingerprint density at radius 3 is 2.56 bits per heavy atom. The summed E-state index contributed by atoms with van der Waals surface area (Å²) in [6.45, 7) is 0. The Balaban J connectivity index is 2.16. The molecule has 7 N–H and O–H groups in total. The van der Waals surface area contributed by atoms with Crippen LogP contribution in [0.2, 0.25) is 0 Å². The molecule has 1 aromatic carbocycles. The number of benzene rings is 1. The second-order valence-electron chi connectivity index (χ2n) is 5.60. The minimum atomic E-state index is -0.643. The number of nitrogen functional groups attached to an aromatic ring is 2. The van der Waals surface area contributed by atoms with Crippen molar-refractivity contribution in [3.63, 3.8) is 0 Å². The van der Waals surface area contributed by atoms with Gasteiger partial charge in [0.2, 0.25) is 5.96 Å². The summed E-state index contributed by atoms with van der Waals surface area (Å²) < 4.78 is 0. The van der Waals surface area contributed by atoms with Crippen LogP contribution in [0.15, 0.2) is 29.3 Å². The average molecular weight is 361 g/mol. The lowest BCUT2D eigenvalue weighted by Crippen LogP contribution is -2.32. The van der Waals surface area contributed by atoms with E-state index in [0.717, 1.165) is 0 Å². The van der Waals surface area contributed by atoms with Gasteiger partial charge in [-0.05, 0) is 17.7 Å². The highest BCUT2D eigenvalue weighted by Gasteiger charge is 2.29. The second-order valence-corrected chi connectivity index (χ2v) is 5.60. The van der Waals surface area contributed by atoms with Gasteiger partial charge in [0.15, 0.2) is 6.19 Å². The number of carbonyl (C=O) groups excluding carboxylic acids is 1. The molecule has 0 bridgehead atoms. The summed E-state index contributed by atoms with van der Waals surface area (Å²) in [6.07, 6.45) is 1.78. The molecule has 1 aliphatic rings. The zero-order chi connectivity index (χ0) is 19.6. The first-order valence-electron chi connectivity index (χ1n) is 7.81. The van der Waals surface area contributed by atoms with Crippen LogP contribution >= 0.6 is 0 Å². The van der Waals surface area contributed by atoms with E-state index in [1.807, 2.05) is 6.07 Å². The predicted molar refractivity (Wildman–Crippen MR) is 99.3 cm³/mol. The second kappa shape index (κ2) is 6.90. The van der Waals surface area contributed by atoms with Gasteiger partial charge in [-0.1, -0.05) is 12.1 Å². The van der Waals surface area contributed by atoms with Crippen molar-refractivity contribution >= 4 is 29.2 Å². The highest BCUT2D eigenvalue weighted by atomic mass is 16.1. The molecule has 1 atom stereocenters. The third-order valence-electron chi connectivity index (χ3n) is 4.07. The van der Waals surface area contributed by atoms with E-state index in [-0.39, 0.29) is 28.9 Å². The molecule has 1 aliphatic heterocycles. The smallest absolute Gasteiger partial charge is 0.251 e. The Bertz CT molecular complexity index is 1030. The lowest BCUT2D eigenvalue weighted by atomic mass is 9.94. The molecule has 10 heteroatoms. The molecule has 0 fully saturated rings. The first kappa shape index (κ1) is 17.5. The van der Waals surface area contributed by atoms with Crippen molar-refractivity contribution < 1.29 is 4.79 Å². The lowest BCUT2D eigenvalue weighted by molar-refractivity contribution is 0.0963. The van der Waals surface area contributed by atoms with Crippen molar-refractivity contribution in [1.29, 1.82) is 10.5 Å². The number of nitrogens with one attached hydrogen (secondary N) is 3. The molecule has 1 aromatic heterocycles.